The Labute approximate surface area is 274 Å². The number of allylic oxidation sites excluding steroid dienone is 4. The van der Waals surface area contributed by atoms with E-state index in [1.165, 1.54) is 69.8 Å². The molecule has 3 nitrogen and oxygen atoms in total. The zero-order chi connectivity index (χ0) is 31.7. The molecule has 6 aliphatic rings. The predicted molar refractivity (Wildman–Crippen MR) is 184 cm³/mol. The summed E-state index contributed by atoms with van der Waals surface area (Å²) in [7, 11) is 0. The van der Waals surface area contributed by atoms with Crippen molar-refractivity contribution in [3.8, 4) is 0 Å². The number of ether oxygens (including phenoxy) is 1. The van der Waals surface area contributed by atoms with E-state index in [4.69, 9.17) is 4.74 Å². The molecule has 4 fully saturated rings. The van der Waals surface area contributed by atoms with Gasteiger partial charge >= 0.3 is 5.97 Å². The van der Waals surface area contributed by atoms with Crippen molar-refractivity contribution in [1.29, 1.82) is 0 Å². The molecule has 4 saturated carbocycles. The van der Waals surface area contributed by atoms with Gasteiger partial charge in [0.05, 0.1) is 5.92 Å². The van der Waals surface area contributed by atoms with E-state index in [0.29, 0.717) is 34.3 Å². The Balaban J connectivity index is 1.09. The summed E-state index contributed by atoms with van der Waals surface area (Å²) in [5, 5.41) is 4.08. The van der Waals surface area contributed by atoms with Gasteiger partial charge in [-0.15, -0.1) is 0 Å². The average Bonchev–Trinajstić information content (AvgIpc) is 3.45. The lowest BCUT2D eigenvalue weighted by Gasteiger charge is -2.72. The van der Waals surface area contributed by atoms with Crippen LogP contribution in [0.4, 0.5) is 0 Å². The van der Waals surface area contributed by atoms with Gasteiger partial charge in [0, 0.05) is 5.54 Å². The van der Waals surface area contributed by atoms with Crippen molar-refractivity contribution in [2.45, 2.75) is 137 Å². The van der Waals surface area contributed by atoms with Crippen molar-refractivity contribution in [3.05, 3.63) is 59.2 Å². The molecule has 0 aliphatic heterocycles. The number of hydrogen-bond donors (Lipinski definition) is 1. The van der Waals surface area contributed by atoms with Crippen LogP contribution in [0.5, 0.6) is 0 Å². The second-order valence-electron chi connectivity index (χ2n) is 17.7. The van der Waals surface area contributed by atoms with Crippen molar-refractivity contribution in [1.82, 2.24) is 5.32 Å². The van der Waals surface area contributed by atoms with E-state index in [-0.39, 0.29) is 17.3 Å². The van der Waals surface area contributed by atoms with Gasteiger partial charge in [0.25, 0.3) is 0 Å². The molecule has 9 atom stereocenters. The lowest BCUT2D eigenvalue weighted by Crippen LogP contribution is -2.67. The first-order valence-electron chi connectivity index (χ1n) is 18.8. The summed E-state index contributed by atoms with van der Waals surface area (Å²) < 4.78 is 5.73. The number of carbonyl (C=O) groups is 1. The van der Waals surface area contributed by atoms with Crippen molar-refractivity contribution < 1.29 is 9.53 Å². The molecule has 1 aromatic rings. The third-order valence-electron chi connectivity index (χ3n) is 15.8. The number of hydrogen-bond acceptors (Lipinski definition) is 3. The molecule has 246 valence electrons. The maximum atomic E-state index is 12.9. The van der Waals surface area contributed by atoms with Crippen LogP contribution in [0.1, 0.15) is 131 Å². The Morgan fingerprint density at radius 2 is 1.64 bits per heavy atom. The molecule has 0 heterocycles. The van der Waals surface area contributed by atoms with Gasteiger partial charge in [-0.1, -0.05) is 90.4 Å². The van der Waals surface area contributed by atoms with Crippen LogP contribution >= 0.6 is 0 Å². The van der Waals surface area contributed by atoms with Crippen molar-refractivity contribution in [2.24, 2.45) is 51.2 Å². The summed E-state index contributed by atoms with van der Waals surface area (Å²) in [6, 6.07) is 10.1. The highest BCUT2D eigenvalue weighted by Crippen LogP contribution is 2.76. The molecular weight excluding hydrogens is 550 g/mol. The molecule has 0 aromatic heterocycles. The summed E-state index contributed by atoms with van der Waals surface area (Å²) in [4.78, 5) is 12.9. The fraction of sp³-hybridized carbons (Fsp3) is 0.738. The van der Waals surface area contributed by atoms with E-state index in [1.54, 1.807) is 5.57 Å². The SMILES string of the molecule is CCNC12CCC[C@@H]1C1CCC3C4(C)CC=C(C5=CCC(C(=O)OCc6ccccc6)CC5)C(C)(C)C4CCC3(C)[C@]1(C)CC2. The van der Waals surface area contributed by atoms with Crippen LogP contribution in [0.2, 0.25) is 0 Å². The second kappa shape index (κ2) is 11.4. The zero-order valence-electron chi connectivity index (χ0n) is 29.4. The molecule has 0 bridgehead atoms. The van der Waals surface area contributed by atoms with E-state index >= 15 is 0 Å². The number of rotatable bonds is 6. The van der Waals surface area contributed by atoms with Crippen molar-refractivity contribution in [3.63, 3.8) is 0 Å². The number of carbonyl (C=O) groups excluding carboxylic acids is 1. The van der Waals surface area contributed by atoms with Gasteiger partial charge in [-0.2, -0.15) is 0 Å². The first-order valence-corrected chi connectivity index (χ1v) is 18.8. The van der Waals surface area contributed by atoms with E-state index in [0.717, 1.165) is 49.1 Å². The Hall–Kier alpha value is -1.87. The van der Waals surface area contributed by atoms with Crippen LogP contribution in [0.3, 0.4) is 0 Å². The Bertz CT molecular complexity index is 1340. The van der Waals surface area contributed by atoms with Crippen LogP contribution in [-0.4, -0.2) is 18.1 Å². The Morgan fingerprint density at radius 3 is 2.38 bits per heavy atom. The quantitative estimate of drug-likeness (QED) is 0.325. The highest BCUT2D eigenvalue weighted by Gasteiger charge is 2.69. The third kappa shape index (κ3) is 4.78. The van der Waals surface area contributed by atoms with Gasteiger partial charge in [0.1, 0.15) is 6.61 Å². The summed E-state index contributed by atoms with van der Waals surface area (Å²) in [5.41, 5.74) is 6.03. The summed E-state index contributed by atoms with van der Waals surface area (Å²) in [6.07, 6.45) is 21.8. The topological polar surface area (TPSA) is 38.3 Å². The van der Waals surface area contributed by atoms with Crippen LogP contribution in [0, 0.1) is 51.2 Å². The van der Waals surface area contributed by atoms with E-state index in [9.17, 15) is 4.79 Å². The highest BCUT2D eigenvalue weighted by molar-refractivity contribution is 5.73. The van der Waals surface area contributed by atoms with Crippen LogP contribution in [0.15, 0.2) is 53.6 Å². The molecule has 0 amide bonds. The Kier molecular flexibility index (Phi) is 8.02. The highest BCUT2D eigenvalue weighted by atomic mass is 16.5. The number of nitrogens with one attached hydrogen (secondary N) is 1. The minimum absolute atomic E-state index is 0.0111. The number of fused-ring (bicyclic) bond motifs is 7. The normalized spacial score (nSPS) is 43.6. The second-order valence-corrected chi connectivity index (χ2v) is 17.7. The molecule has 6 aliphatic carbocycles. The zero-order valence-corrected chi connectivity index (χ0v) is 29.4. The predicted octanol–water partition coefficient (Wildman–Crippen LogP) is 10.2. The van der Waals surface area contributed by atoms with Crippen LogP contribution in [0.25, 0.3) is 0 Å². The molecule has 1 N–H and O–H groups in total. The molecule has 7 unspecified atom stereocenters. The maximum absolute atomic E-state index is 12.9. The summed E-state index contributed by atoms with van der Waals surface area (Å²) in [6.45, 7) is 17.2. The minimum atomic E-state index is -0.0303. The van der Waals surface area contributed by atoms with Crippen LogP contribution < -0.4 is 5.32 Å². The number of esters is 1. The van der Waals surface area contributed by atoms with Crippen molar-refractivity contribution in [2.75, 3.05) is 6.54 Å². The molecule has 0 radical (unpaired) electrons. The molecule has 1 aromatic carbocycles. The molecule has 3 heteroatoms. The first-order chi connectivity index (χ1) is 21.5. The molecule has 0 saturated heterocycles. The smallest absolute Gasteiger partial charge is 0.309 e. The molecule has 7 rings (SSSR count). The summed E-state index contributed by atoms with van der Waals surface area (Å²) in [5.74, 6) is 3.25. The van der Waals surface area contributed by atoms with Gasteiger partial charge in [0.2, 0.25) is 0 Å². The first kappa shape index (κ1) is 31.7. The average molecular weight is 612 g/mol. The number of benzene rings is 1. The van der Waals surface area contributed by atoms with Crippen LogP contribution in [-0.2, 0) is 16.1 Å². The fourth-order valence-corrected chi connectivity index (χ4v) is 13.5. The van der Waals surface area contributed by atoms with E-state index < -0.39 is 0 Å². The maximum Gasteiger partial charge on any atom is 0.309 e. The molecular formula is C42H61NO2. The molecule has 0 spiro atoms. The lowest BCUT2D eigenvalue weighted by atomic mass is 9.33. The van der Waals surface area contributed by atoms with Gasteiger partial charge in [0.15, 0.2) is 0 Å². The minimum Gasteiger partial charge on any atom is -0.461 e. The van der Waals surface area contributed by atoms with Crippen molar-refractivity contribution >= 4 is 5.97 Å². The van der Waals surface area contributed by atoms with Gasteiger partial charge in [-0.05, 0) is 146 Å². The monoisotopic (exact) mass is 611 g/mol. The third-order valence-corrected chi connectivity index (χ3v) is 15.8. The standard InChI is InChI=1S/C42H61NO2/c1-7-43-42-23-11-14-34(42)33-19-20-36-39(4)24-21-32(38(2,3)35(39)22-25-41(36,6)40(33,5)26-27-42)30-15-17-31(18-16-30)37(44)45-28-29-12-9-8-10-13-29/h8-10,12-13,15,21,31,33-36,43H,7,11,14,16-20,22-28H2,1-6H3/t31?,33?,34-,35?,36?,39?,40-,41?,42?/m1/s1. The van der Waals surface area contributed by atoms with E-state index in [1.807, 2.05) is 30.3 Å². The van der Waals surface area contributed by atoms with E-state index in [2.05, 4.69) is 59.0 Å². The summed E-state index contributed by atoms with van der Waals surface area (Å²) >= 11 is 0. The Morgan fingerprint density at radius 1 is 0.844 bits per heavy atom. The fourth-order valence-electron chi connectivity index (χ4n) is 13.5. The molecule has 45 heavy (non-hydrogen) atoms. The van der Waals surface area contributed by atoms with Gasteiger partial charge < -0.3 is 10.1 Å². The largest absolute Gasteiger partial charge is 0.461 e. The van der Waals surface area contributed by atoms with Gasteiger partial charge in [-0.25, -0.2) is 0 Å². The van der Waals surface area contributed by atoms with Gasteiger partial charge in [-0.3, -0.25) is 4.79 Å². The lowest BCUT2D eigenvalue weighted by molar-refractivity contribution is -0.218.